The fourth-order valence-electron chi connectivity index (χ4n) is 1.65. The highest BCUT2D eigenvalue weighted by atomic mass is 16.4. The average molecular weight is 273 g/mol. The summed E-state index contributed by atoms with van der Waals surface area (Å²) in [5.74, 6) is -3.29. The van der Waals surface area contributed by atoms with Gasteiger partial charge in [-0.2, -0.15) is 5.10 Å². The third kappa shape index (κ3) is 3.08. The summed E-state index contributed by atoms with van der Waals surface area (Å²) in [6.45, 7) is 0. The molecule has 2 rings (SSSR count). The topological polar surface area (TPSA) is 116 Å². The number of carboxylic acid groups (broad SMARTS) is 1. The van der Waals surface area contributed by atoms with E-state index in [9.17, 15) is 14.7 Å². The number of aliphatic hydroxyl groups is 1. The number of hydrogen-bond acceptors (Lipinski definition) is 5. The lowest BCUT2D eigenvalue weighted by Crippen LogP contribution is -2.10. The zero-order chi connectivity index (χ0) is 14.5. The van der Waals surface area contributed by atoms with Gasteiger partial charge in [-0.15, -0.1) is 0 Å². The molecule has 2 aromatic heterocycles. The van der Waals surface area contributed by atoms with Gasteiger partial charge in [0.2, 0.25) is 0 Å². The molecular formula is C13H11N3O4. The Morgan fingerprint density at radius 1 is 1.25 bits per heavy atom. The van der Waals surface area contributed by atoms with Crippen LogP contribution in [0.2, 0.25) is 0 Å². The number of pyridine rings is 1. The lowest BCUT2D eigenvalue weighted by Gasteiger charge is -2.02. The van der Waals surface area contributed by atoms with E-state index in [0.29, 0.717) is 18.1 Å². The predicted octanol–water partition coefficient (Wildman–Crippen LogP) is 0.948. The molecule has 0 radical (unpaired) electrons. The van der Waals surface area contributed by atoms with E-state index in [1.54, 1.807) is 24.5 Å². The van der Waals surface area contributed by atoms with Gasteiger partial charge in [-0.05, 0) is 17.7 Å². The summed E-state index contributed by atoms with van der Waals surface area (Å²) in [5, 5.41) is 24.6. The van der Waals surface area contributed by atoms with Gasteiger partial charge in [-0.1, -0.05) is 0 Å². The van der Waals surface area contributed by atoms with Crippen molar-refractivity contribution in [1.82, 2.24) is 15.2 Å². The van der Waals surface area contributed by atoms with Gasteiger partial charge in [0.05, 0.1) is 6.20 Å². The summed E-state index contributed by atoms with van der Waals surface area (Å²) in [7, 11) is 0. The Balaban J connectivity index is 2.25. The highest BCUT2D eigenvalue weighted by Crippen LogP contribution is 2.17. The van der Waals surface area contributed by atoms with Crippen LogP contribution in [0.1, 0.15) is 16.8 Å². The second-order valence-corrected chi connectivity index (χ2v) is 4.00. The number of aliphatic carboxylic acids is 1. The Morgan fingerprint density at radius 3 is 2.60 bits per heavy atom. The zero-order valence-corrected chi connectivity index (χ0v) is 10.3. The fraction of sp³-hybridized carbons (Fsp3) is 0.0769. The Morgan fingerprint density at radius 2 is 1.95 bits per heavy atom. The van der Waals surface area contributed by atoms with E-state index in [0.717, 1.165) is 5.56 Å². The van der Waals surface area contributed by atoms with E-state index in [1.165, 1.54) is 6.20 Å². The molecule has 0 spiro atoms. The number of aromatic amines is 1. The highest BCUT2D eigenvalue weighted by molar-refractivity contribution is 6.38. The maximum Gasteiger partial charge on any atom is 0.376 e. The molecule has 0 unspecified atom stereocenters. The monoisotopic (exact) mass is 273 g/mol. The number of aromatic nitrogens is 3. The summed E-state index contributed by atoms with van der Waals surface area (Å²) < 4.78 is 0. The van der Waals surface area contributed by atoms with E-state index >= 15 is 0 Å². The number of nitrogens with zero attached hydrogens (tertiary/aromatic N) is 2. The molecule has 3 N–H and O–H groups in total. The largest absolute Gasteiger partial charge is 0.506 e. The molecule has 20 heavy (non-hydrogen) atoms. The number of rotatable bonds is 5. The first-order valence-electron chi connectivity index (χ1n) is 5.67. The summed E-state index contributed by atoms with van der Waals surface area (Å²) in [5.41, 5.74) is 1.81. The van der Waals surface area contributed by atoms with E-state index in [1.807, 2.05) is 0 Å². The van der Waals surface area contributed by atoms with Crippen LogP contribution < -0.4 is 0 Å². The lowest BCUT2D eigenvalue weighted by atomic mass is 10.1. The van der Waals surface area contributed by atoms with Crippen LogP contribution in [-0.2, 0) is 16.0 Å². The number of carbonyl (C=O) groups is 2. The molecule has 0 saturated carbocycles. The molecule has 0 fully saturated rings. The number of nitrogens with one attached hydrogen (secondary N) is 1. The maximum atomic E-state index is 11.0. The van der Waals surface area contributed by atoms with Crippen LogP contribution in [0.5, 0.6) is 0 Å². The molecule has 7 nitrogen and oxygen atoms in total. The molecular weight excluding hydrogens is 262 g/mol. The van der Waals surface area contributed by atoms with Gasteiger partial charge >= 0.3 is 5.97 Å². The average Bonchev–Trinajstić information content (AvgIpc) is 2.88. The van der Waals surface area contributed by atoms with E-state index < -0.39 is 17.5 Å². The van der Waals surface area contributed by atoms with Crippen molar-refractivity contribution in [3.8, 4) is 0 Å². The molecule has 0 aromatic carbocycles. The zero-order valence-electron chi connectivity index (χ0n) is 10.3. The Labute approximate surface area is 113 Å². The second kappa shape index (κ2) is 5.79. The number of aliphatic hydroxyl groups excluding tert-OH is 1. The van der Waals surface area contributed by atoms with Crippen LogP contribution in [0, 0.1) is 0 Å². The second-order valence-electron chi connectivity index (χ2n) is 4.00. The quantitative estimate of drug-likeness (QED) is 0.424. The fourth-order valence-corrected chi connectivity index (χ4v) is 1.65. The van der Waals surface area contributed by atoms with Crippen LogP contribution in [0.15, 0.2) is 36.8 Å². The van der Waals surface area contributed by atoms with Gasteiger partial charge in [0, 0.05) is 30.5 Å². The van der Waals surface area contributed by atoms with Crippen molar-refractivity contribution in [1.29, 1.82) is 0 Å². The van der Waals surface area contributed by atoms with Gasteiger partial charge < -0.3 is 10.2 Å². The van der Waals surface area contributed by atoms with Crippen molar-refractivity contribution in [2.75, 3.05) is 0 Å². The van der Waals surface area contributed by atoms with E-state index in [-0.39, 0.29) is 5.69 Å². The van der Waals surface area contributed by atoms with Gasteiger partial charge in [-0.3, -0.25) is 14.9 Å². The number of ketones is 1. The summed E-state index contributed by atoms with van der Waals surface area (Å²) in [4.78, 5) is 25.4. The molecule has 0 bridgehead atoms. The van der Waals surface area contributed by atoms with Crippen LogP contribution in [0.25, 0.3) is 5.76 Å². The Kier molecular flexibility index (Phi) is 3.90. The molecule has 0 atom stereocenters. The van der Waals surface area contributed by atoms with Gasteiger partial charge in [-0.25, -0.2) is 4.79 Å². The standard InChI is InChI=1S/C13H11N3O4/c17-10(6-11(18)13(19)20)12-9(7-15-16-12)5-8-1-3-14-4-2-8/h1-4,6-7,17H,5H2,(H,15,16)(H,19,20). The SMILES string of the molecule is O=C(O)C(=O)C=C(O)c1[nH]ncc1Cc1ccncc1. The minimum atomic E-state index is -1.63. The molecule has 7 heteroatoms. The first-order chi connectivity index (χ1) is 9.58. The highest BCUT2D eigenvalue weighted by Gasteiger charge is 2.14. The first-order valence-corrected chi connectivity index (χ1v) is 5.67. The smallest absolute Gasteiger partial charge is 0.376 e. The lowest BCUT2D eigenvalue weighted by molar-refractivity contribution is -0.146. The predicted molar refractivity (Wildman–Crippen MR) is 68.9 cm³/mol. The third-order valence-corrected chi connectivity index (χ3v) is 2.60. The molecule has 0 aliphatic carbocycles. The summed E-state index contributed by atoms with van der Waals surface area (Å²) in [6.07, 6.45) is 5.89. The third-order valence-electron chi connectivity index (χ3n) is 2.60. The molecule has 2 aromatic rings. The molecule has 2 heterocycles. The first kappa shape index (κ1) is 13.5. The molecule has 0 amide bonds. The number of H-pyrrole nitrogens is 1. The van der Waals surface area contributed by atoms with E-state index in [2.05, 4.69) is 15.2 Å². The van der Waals surface area contributed by atoms with Crippen LogP contribution in [-0.4, -0.2) is 37.1 Å². The number of hydrogen-bond donors (Lipinski definition) is 3. The van der Waals surface area contributed by atoms with Crippen LogP contribution in [0.4, 0.5) is 0 Å². The molecule has 0 aliphatic rings. The normalized spacial score (nSPS) is 11.3. The number of carboxylic acids is 1. The van der Waals surface area contributed by atoms with Gasteiger partial charge in [0.25, 0.3) is 5.78 Å². The number of carbonyl (C=O) groups excluding carboxylic acids is 1. The van der Waals surface area contributed by atoms with Crippen LogP contribution in [0.3, 0.4) is 0 Å². The van der Waals surface area contributed by atoms with Crippen molar-refractivity contribution in [2.24, 2.45) is 0 Å². The van der Waals surface area contributed by atoms with Crippen molar-refractivity contribution in [2.45, 2.75) is 6.42 Å². The Hall–Kier alpha value is -2.96. The summed E-state index contributed by atoms with van der Waals surface area (Å²) >= 11 is 0. The van der Waals surface area contributed by atoms with Crippen molar-refractivity contribution < 1.29 is 19.8 Å². The summed E-state index contributed by atoms with van der Waals surface area (Å²) in [6, 6.07) is 3.61. The maximum absolute atomic E-state index is 11.0. The minimum absolute atomic E-state index is 0.219. The molecule has 102 valence electrons. The minimum Gasteiger partial charge on any atom is -0.506 e. The van der Waals surface area contributed by atoms with Gasteiger partial charge in [0.1, 0.15) is 11.5 Å². The van der Waals surface area contributed by atoms with E-state index in [4.69, 9.17) is 5.11 Å². The van der Waals surface area contributed by atoms with Crippen molar-refractivity contribution in [3.05, 3.63) is 53.6 Å². The molecule has 0 saturated heterocycles. The Bertz CT molecular complexity index is 661. The van der Waals surface area contributed by atoms with Gasteiger partial charge in [0.15, 0.2) is 0 Å². The molecule has 0 aliphatic heterocycles. The van der Waals surface area contributed by atoms with Crippen LogP contribution >= 0.6 is 0 Å². The van der Waals surface area contributed by atoms with Crippen molar-refractivity contribution in [3.63, 3.8) is 0 Å². The van der Waals surface area contributed by atoms with Crippen molar-refractivity contribution >= 4 is 17.5 Å².